The van der Waals surface area contributed by atoms with Gasteiger partial charge in [0.15, 0.2) is 0 Å². The largest absolute Gasteiger partial charge is 0.481 e. The molecule has 10 nitrogen and oxygen atoms in total. The highest BCUT2D eigenvalue weighted by Crippen LogP contribution is 2.23. The van der Waals surface area contributed by atoms with Gasteiger partial charge in [-0.25, -0.2) is 17.9 Å². The molecule has 0 spiro atoms. The van der Waals surface area contributed by atoms with E-state index in [1.807, 2.05) is 4.72 Å². The maximum atomic E-state index is 12.5. The maximum absolute atomic E-state index is 12.5. The van der Waals surface area contributed by atoms with Crippen LogP contribution < -0.4 is 24.2 Å². The summed E-state index contributed by atoms with van der Waals surface area (Å²) in [4.78, 5) is 19.6. The molecule has 0 atom stereocenters. The fraction of sp³-hybridized carbons (Fsp3) is 0.125. The van der Waals surface area contributed by atoms with Crippen LogP contribution in [0.1, 0.15) is 0 Å². The molecule has 1 heterocycles. The van der Waals surface area contributed by atoms with Crippen LogP contribution in [0.5, 0.6) is 17.5 Å². The standard InChI is InChI=1S/C16H16N4O6S/c1-4-9-26-11-7-5-6-8-12(11)27(22,23)20-16(21)19-15-17-13(24-2)10-14(18-15)25-3/h5-10H,1H2,2-3H3,(H2,17,18,19,20,21). The monoisotopic (exact) mass is 392 g/mol. The van der Waals surface area contributed by atoms with E-state index < -0.39 is 16.1 Å². The van der Waals surface area contributed by atoms with Crippen LogP contribution in [0.15, 0.2) is 53.8 Å². The average Bonchev–Trinajstić information content (AvgIpc) is 2.65. The van der Waals surface area contributed by atoms with Crippen LogP contribution >= 0.6 is 0 Å². The van der Waals surface area contributed by atoms with Crippen molar-refractivity contribution in [3.63, 3.8) is 0 Å². The first-order valence-electron chi connectivity index (χ1n) is 7.30. The summed E-state index contributed by atoms with van der Waals surface area (Å²) < 4.78 is 41.8. The average molecular weight is 392 g/mol. The van der Waals surface area contributed by atoms with Gasteiger partial charge in [-0.3, -0.25) is 5.32 Å². The summed E-state index contributed by atoms with van der Waals surface area (Å²) in [6, 6.07) is 6.04. The van der Waals surface area contributed by atoms with E-state index in [0.717, 1.165) is 6.26 Å². The predicted octanol–water partition coefficient (Wildman–Crippen LogP) is 1.68. The van der Waals surface area contributed by atoms with E-state index in [1.165, 1.54) is 38.5 Å². The number of sulfonamides is 1. The van der Waals surface area contributed by atoms with Crippen molar-refractivity contribution in [3.8, 4) is 17.5 Å². The van der Waals surface area contributed by atoms with E-state index in [9.17, 15) is 13.2 Å². The van der Waals surface area contributed by atoms with E-state index in [-0.39, 0.29) is 28.4 Å². The third-order valence-corrected chi connectivity index (χ3v) is 4.33. The third kappa shape index (κ3) is 5.21. The molecule has 2 N–H and O–H groups in total. The van der Waals surface area contributed by atoms with Gasteiger partial charge in [0.1, 0.15) is 16.9 Å². The summed E-state index contributed by atoms with van der Waals surface area (Å²) in [5.41, 5.74) is 2.36. The lowest BCUT2D eigenvalue weighted by Crippen LogP contribution is -2.35. The highest BCUT2D eigenvalue weighted by Gasteiger charge is 2.22. The summed E-state index contributed by atoms with van der Waals surface area (Å²) in [5, 5.41) is 2.20. The topological polar surface area (TPSA) is 129 Å². The molecule has 0 aliphatic rings. The van der Waals surface area contributed by atoms with Crippen molar-refractivity contribution < 1.29 is 27.4 Å². The molecule has 0 aliphatic heterocycles. The number of urea groups is 1. The van der Waals surface area contributed by atoms with Gasteiger partial charge < -0.3 is 14.2 Å². The lowest BCUT2D eigenvalue weighted by Gasteiger charge is -2.11. The molecule has 142 valence electrons. The second-order valence-electron chi connectivity index (χ2n) is 4.72. The zero-order valence-corrected chi connectivity index (χ0v) is 15.2. The minimum absolute atomic E-state index is 0.00625. The summed E-state index contributed by atoms with van der Waals surface area (Å²) in [7, 11) is -1.51. The van der Waals surface area contributed by atoms with Crippen LogP contribution in [-0.4, -0.2) is 38.6 Å². The molecule has 2 aromatic rings. The molecule has 0 radical (unpaired) electrons. The first-order valence-corrected chi connectivity index (χ1v) is 8.78. The van der Waals surface area contributed by atoms with Crippen molar-refractivity contribution in [1.82, 2.24) is 14.7 Å². The SMILES string of the molecule is C=C=COc1ccccc1S(=O)(=O)NC(=O)Nc1nc(OC)cc(OC)n1. The van der Waals surface area contributed by atoms with Crippen molar-refractivity contribution >= 4 is 22.0 Å². The summed E-state index contributed by atoms with van der Waals surface area (Å²) >= 11 is 0. The number of methoxy groups -OCH3 is 2. The zero-order valence-electron chi connectivity index (χ0n) is 14.4. The van der Waals surface area contributed by atoms with Crippen LogP contribution in [-0.2, 0) is 10.0 Å². The minimum Gasteiger partial charge on any atom is -0.481 e. The molecule has 27 heavy (non-hydrogen) atoms. The second-order valence-corrected chi connectivity index (χ2v) is 6.37. The van der Waals surface area contributed by atoms with Crippen molar-refractivity contribution in [2.75, 3.05) is 19.5 Å². The van der Waals surface area contributed by atoms with Gasteiger partial charge in [0.25, 0.3) is 10.0 Å². The lowest BCUT2D eigenvalue weighted by molar-refractivity contribution is 0.256. The first kappa shape index (κ1) is 19.8. The number of amides is 2. The number of anilines is 1. The zero-order chi connectivity index (χ0) is 19.9. The number of carbonyl (C=O) groups excluding carboxylic acids is 1. The molecule has 1 aromatic heterocycles. The highest BCUT2D eigenvalue weighted by atomic mass is 32.2. The van der Waals surface area contributed by atoms with Crippen LogP contribution in [0, 0.1) is 0 Å². The summed E-state index contributed by atoms with van der Waals surface area (Å²) in [6.07, 6.45) is 1.09. The van der Waals surface area contributed by atoms with Gasteiger partial charge in [-0.1, -0.05) is 24.4 Å². The second kappa shape index (κ2) is 8.70. The van der Waals surface area contributed by atoms with Crippen LogP contribution in [0.3, 0.4) is 0 Å². The number of rotatable bonds is 7. The van der Waals surface area contributed by atoms with Gasteiger partial charge in [0.2, 0.25) is 17.7 Å². The molecule has 0 saturated heterocycles. The van der Waals surface area contributed by atoms with E-state index in [4.69, 9.17) is 14.2 Å². The Bertz CT molecular complexity index is 964. The highest BCUT2D eigenvalue weighted by molar-refractivity contribution is 7.90. The Morgan fingerprint density at radius 2 is 1.81 bits per heavy atom. The van der Waals surface area contributed by atoms with E-state index >= 15 is 0 Å². The minimum atomic E-state index is -4.25. The Kier molecular flexibility index (Phi) is 6.36. The number of hydrogen-bond donors (Lipinski definition) is 2. The van der Waals surface area contributed by atoms with Crippen molar-refractivity contribution in [1.29, 1.82) is 0 Å². The van der Waals surface area contributed by atoms with E-state index in [1.54, 1.807) is 6.07 Å². The van der Waals surface area contributed by atoms with Crippen molar-refractivity contribution in [2.45, 2.75) is 4.90 Å². The molecule has 2 amide bonds. The predicted molar refractivity (Wildman–Crippen MR) is 95.3 cm³/mol. The number of benzene rings is 1. The first-order chi connectivity index (χ1) is 12.9. The van der Waals surface area contributed by atoms with Crippen LogP contribution in [0.4, 0.5) is 10.7 Å². The van der Waals surface area contributed by atoms with Crippen molar-refractivity contribution in [3.05, 3.63) is 48.9 Å². The molecule has 0 bridgehead atoms. The van der Waals surface area contributed by atoms with E-state index in [0.29, 0.717) is 0 Å². The van der Waals surface area contributed by atoms with Crippen LogP contribution in [0.2, 0.25) is 0 Å². The number of carbonyl (C=O) groups is 1. The maximum Gasteiger partial charge on any atom is 0.335 e. The number of ether oxygens (including phenoxy) is 3. The molecule has 11 heteroatoms. The molecule has 0 unspecified atom stereocenters. The number of nitrogens with one attached hydrogen (secondary N) is 2. The number of hydrogen-bond acceptors (Lipinski definition) is 8. The molecule has 2 rings (SSSR count). The normalized spacial score (nSPS) is 10.3. The summed E-state index contributed by atoms with van der Waals surface area (Å²) in [6.45, 7) is 3.32. The molecular formula is C16H16N4O6S. The number of aromatic nitrogens is 2. The van der Waals surface area contributed by atoms with Gasteiger partial charge in [-0.2, -0.15) is 9.97 Å². The van der Waals surface area contributed by atoms with Gasteiger partial charge >= 0.3 is 6.03 Å². The van der Waals surface area contributed by atoms with Crippen LogP contribution in [0.25, 0.3) is 0 Å². The van der Waals surface area contributed by atoms with Crippen molar-refractivity contribution in [2.24, 2.45) is 0 Å². The Labute approximate surface area is 155 Å². The molecule has 0 aliphatic carbocycles. The lowest BCUT2D eigenvalue weighted by atomic mass is 10.3. The smallest absolute Gasteiger partial charge is 0.335 e. The Balaban J connectivity index is 2.21. The van der Waals surface area contributed by atoms with E-state index in [2.05, 4.69) is 27.6 Å². The number of nitrogens with zero attached hydrogens (tertiary/aromatic N) is 2. The fourth-order valence-electron chi connectivity index (χ4n) is 1.85. The van der Waals surface area contributed by atoms with Gasteiger partial charge in [0, 0.05) is 0 Å². The summed E-state index contributed by atoms with van der Waals surface area (Å²) in [5.74, 6) is 0.0243. The number of para-hydroxylation sites is 1. The Morgan fingerprint density at radius 3 is 2.41 bits per heavy atom. The van der Waals surface area contributed by atoms with Gasteiger partial charge in [-0.15, -0.1) is 0 Å². The Hall–Kier alpha value is -3.56. The molecule has 0 saturated carbocycles. The Morgan fingerprint density at radius 1 is 1.19 bits per heavy atom. The fourth-order valence-corrected chi connectivity index (χ4v) is 2.89. The molecule has 1 aromatic carbocycles. The quantitative estimate of drug-likeness (QED) is 0.538. The molecule has 0 fully saturated rings. The van der Waals surface area contributed by atoms with Gasteiger partial charge in [-0.05, 0) is 12.1 Å². The molecular weight excluding hydrogens is 376 g/mol. The third-order valence-electron chi connectivity index (χ3n) is 2.96. The van der Waals surface area contributed by atoms with Gasteiger partial charge in [0.05, 0.1) is 20.3 Å².